The molecule has 0 aliphatic carbocycles. The fraction of sp³-hybridized carbons (Fsp3) is 1.00. The average molecular weight is 216 g/mol. The smallest absolute Gasteiger partial charge is 0.0698 e. The van der Waals surface area contributed by atoms with Crippen LogP contribution in [0.1, 0.15) is 6.42 Å². The van der Waals surface area contributed by atoms with Gasteiger partial charge in [-0.05, 0) is 33.0 Å². The summed E-state index contributed by atoms with van der Waals surface area (Å²) in [7, 11) is 4.32. The van der Waals surface area contributed by atoms with Gasteiger partial charge in [-0.25, -0.2) is 0 Å². The molecule has 1 N–H and O–H groups in total. The number of likely N-dealkylation sites (tertiary alicyclic amines) is 1. The van der Waals surface area contributed by atoms with Gasteiger partial charge < -0.3 is 19.6 Å². The normalized spacial score (nSPS) is 22.8. The van der Waals surface area contributed by atoms with E-state index in [-0.39, 0.29) is 6.61 Å². The highest BCUT2D eigenvalue weighted by atomic mass is 16.5. The maximum absolute atomic E-state index is 8.55. The van der Waals surface area contributed by atoms with Crippen molar-refractivity contribution >= 4 is 0 Å². The average Bonchev–Trinajstić information content (AvgIpc) is 2.59. The van der Waals surface area contributed by atoms with Gasteiger partial charge in [-0.1, -0.05) is 0 Å². The molecule has 90 valence electrons. The largest absolute Gasteiger partial charge is 0.394 e. The third kappa shape index (κ3) is 5.47. The summed E-state index contributed by atoms with van der Waals surface area (Å²) >= 11 is 0. The first kappa shape index (κ1) is 12.9. The predicted molar refractivity (Wildman–Crippen MR) is 61.0 cm³/mol. The number of aliphatic hydroxyl groups excluding tert-OH is 1. The lowest BCUT2D eigenvalue weighted by Gasteiger charge is -2.20. The highest BCUT2D eigenvalue weighted by Crippen LogP contribution is 2.14. The summed E-state index contributed by atoms with van der Waals surface area (Å²) in [6, 6.07) is 0. The first-order chi connectivity index (χ1) is 7.22. The van der Waals surface area contributed by atoms with Crippen LogP contribution in [0.2, 0.25) is 0 Å². The van der Waals surface area contributed by atoms with Crippen LogP contribution < -0.4 is 0 Å². The van der Waals surface area contributed by atoms with Crippen molar-refractivity contribution in [1.82, 2.24) is 9.80 Å². The van der Waals surface area contributed by atoms with Crippen molar-refractivity contribution in [2.24, 2.45) is 5.92 Å². The zero-order valence-corrected chi connectivity index (χ0v) is 9.98. The number of aliphatic hydroxyl groups is 1. The maximum atomic E-state index is 8.55. The van der Waals surface area contributed by atoms with Gasteiger partial charge in [-0.2, -0.15) is 0 Å². The van der Waals surface area contributed by atoms with Gasteiger partial charge in [0.15, 0.2) is 0 Å². The molecule has 0 spiro atoms. The third-order valence-electron chi connectivity index (χ3n) is 2.91. The van der Waals surface area contributed by atoms with E-state index in [1.807, 2.05) is 0 Å². The minimum Gasteiger partial charge on any atom is -0.394 e. The molecule has 0 bridgehead atoms. The molecular weight excluding hydrogens is 192 g/mol. The Bertz CT molecular complexity index is 167. The van der Waals surface area contributed by atoms with Gasteiger partial charge in [-0.15, -0.1) is 0 Å². The van der Waals surface area contributed by atoms with E-state index in [0.717, 1.165) is 25.6 Å². The Labute approximate surface area is 92.8 Å². The molecular formula is C11H24N2O2. The second-order valence-electron chi connectivity index (χ2n) is 4.52. The number of hydrogen-bond donors (Lipinski definition) is 1. The predicted octanol–water partition coefficient (Wildman–Crippen LogP) is -0.121. The van der Waals surface area contributed by atoms with Crippen LogP contribution in [-0.2, 0) is 4.74 Å². The Morgan fingerprint density at radius 2 is 2.27 bits per heavy atom. The number of nitrogens with zero attached hydrogens (tertiary/aromatic N) is 2. The van der Waals surface area contributed by atoms with Crippen molar-refractivity contribution < 1.29 is 9.84 Å². The zero-order chi connectivity index (χ0) is 11.1. The Morgan fingerprint density at radius 3 is 2.87 bits per heavy atom. The van der Waals surface area contributed by atoms with E-state index in [4.69, 9.17) is 9.84 Å². The topological polar surface area (TPSA) is 35.9 Å². The minimum absolute atomic E-state index is 0.122. The summed E-state index contributed by atoms with van der Waals surface area (Å²) in [6.45, 7) is 5.88. The molecule has 0 saturated carbocycles. The van der Waals surface area contributed by atoms with E-state index in [1.54, 1.807) is 0 Å². The lowest BCUT2D eigenvalue weighted by atomic mass is 10.1. The number of rotatable bonds is 7. The standard InChI is InChI=1S/C11H24N2O2/c1-12-4-3-11(9-12)10-13(2)5-7-15-8-6-14/h11,14H,3-10H2,1-2H3. The molecule has 4 nitrogen and oxygen atoms in total. The van der Waals surface area contributed by atoms with Crippen molar-refractivity contribution in [3.8, 4) is 0 Å². The monoisotopic (exact) mass is 216 g/mol. The summed E-state index contributed by atoms with van der Waals surface area (Å²) < 4.78 is 5.24. The van der Waals surface area contributed by atoms with Crippen LogP contribution in [0.5, 0.6) is 0 Å². The van der Waals surface area contributed by atoms with Gasteiger partial charge in [0, 0.05) is 19.6 Å². The molecule has 0 aromatic rings. The van der Waals surface area contributed by atoms with Crippen LogP contribution in [0.25, 0.3) is 0 Å². The first-order valence-electron chi connectivity index (χ1n) is 5.78. The Balaban J connectivity index is 2.00. The Morgan fingerprint density at radius 1 is 1.47 bits per heavy atom. The van der Waals surface area contributed by atoms with E-state index in [1.165, 1.54) is 19.5 Å². The summed E-state index contributed by atoms with van der Waals surface area (Å²) in [4.78, 5) is 4.71. The fourth-order valence-electron chi connectivity index (χ4n) is 2.09. The number of hydrogen-bond acceptors (Lipinski definition) is 4. The van der Waals surface area contributed by atoms with Crippen molar-refractivity contribution in [2.45, 2.75) is 6.42 Å². The van der Waals surface area contributed by atoms with Crippen LogP contribution in [0.4, 0.5) is 0 Å². The second kappa shape index (κ2) is 7.17. The lowest BCUT2D eigenvalue weighted by molar-refractivity contribution is 0.0760. The SMILES string of the molecule is CN(CCOCCO)CC1CCN(C)C1. The Hall–Kier alpha value is -0.160. The molecule has 1 atom stereocenters. The molecule has 1 heterocycles. The number of likely N-dealkylation sites (N-methyl/N-ethyl adjacent to an activating group) is 1. The summed E-state index contributed by atoms with van der Waals surface area (Å²) in [6.07, 6.45) is 1.32. The zero-order valence-electron chi connectivity index (χ0n) is 9.98. The molecule has 1 saturated heterocycles. The summed E-state index contributed by atoms with van der Waals surface area (Å²) in [5, 5.41) is 8.55. The third-order valence-corrected chi connectivity index (χ3v) is 2.91. The Kier molecular flexibility index (Phi) is 6.17. The molecule has 0 radical (unpaired) electrons. The molecule has 0 aromatic carbocycles. The van der Waals surface area contributed by atoms with Gasteiger partial charge in [0.05, 0.1) is 19.8 Å². The summed E-state index contributed by atoms with van der Waals surface area (Å²) in [5.74, 6) is 0.817. The maximum Gasteiger partial charge on any atom is 0.0698 e. The summed E-state index contributed by atoms with van der Waals surface area (Å²) in [5.41, 5.74) is 0. The molecule has 1 aliphatic heterocycles. The van der Waals surface area contributed by atoms with Gasteiger partial charge >= 0.3 is 0 Å². The van der Waals surface area contributed by atoms with E-state index in [0.29, 0.717) is 6.61 Å². The van der Waals surface area contributed by atoms with E-state index >= 15 is 0 Å². The molecule has 0 aromatic heterocycles. The highest BCUT2D eigenvalue weighted by molar-refractivity contribution is 4.75. The minimum atomic E-state index is 0.122. The van der Waals surface area contributed by atoms with Crippen LogP contribution >= 0.6 is 0 Å². The van der Waals surface area contributed by atoms with Crippen LogP contribution in [0.15, 0.2) is 0 Å². The molecule has 1 fully saturated rings. The van der Waals surface area contributed by atoms with E-state index in [9.17, 15) is 0 Å². The van der Waals surface area contributed by atoms with Crippen LogP contribution in [0.3, 0.4) is 0 Å². The van der Waals surface area contributed by atoms with Crippen molar-refractivity contribution in [3.05, 3.63) is 0 Å². The first-order valence-corrected chi connectivity index (χ1v) is 5.78. The molecule has 1 rings (SSSR count). The highest BCUT2D eigenvalue weighted by Gasteiger charge is 2.20. The van der Waals surface area contributed by atoms with Gasteiger partial charge in [-0.3, -0.25) is 0 Å². The van der Waals surface area contributed by atoms with Crippen LogP contribution in [-0.4, -0.2) is 75.0 Å². The van der Waals surface area contributed by atoms with Gasteiger partial charge in [0.1, 0.15) is 0 Å². The fourth-order valence-corrected chi connectivity index (χ4v) is 2.09. The van der Waals surface area contributed by atoms with Gasteiger partial charge in [0.25, 0.3) is 0 Å². The molecule has 4 heteroatoms. The van der Waals surface area contributed by atoms with E-state index < -0.39 is 0 Å². The van der Waals surface area contributed by atoms with Crippen molar-refractivity contribution in [2.75, 3.05) is 60.1 Å². The van der Waals surface area contributed by atoms with Crippen LogP contribution in [0, 0.1) is 5.92 Å². The van der Waals surface area contributed by atoms with E-state index in [2.05, 4.69) is 23.9 Å². The number of ether oxygens (including phenoxy) is 1. The molecule has 0 amide bonds. The quantitative estimate of drug-likeness (QED) is 0.602. The second-order valence-corrected chi connectivity index (χ2v) is 4.52. The molecule has 15 heavy (non-hydrogen) atoms. The molecule has 1 aliphatic rings. The molecule has 1 unspecified atom stereocenters. The van der Waals surface area contributed by atoms with Gasteiger partial charge in [0.2, 0.25) is 0 Å². The lowest BCUT2D eigenvalue weighted by Crippen LogP contribution is -2.30. The van der Waals surface area contributed by atoms with Crippen molar-refractivity contribution in [1.29, 1.82) is 0 Å². The van der Waals surface area contributed by atoms with Crippen molar-refractivity contribution in [3.63, 3.8) is 0 Å².